The fraction of sp³-hybridized carbons (Fsp3) is 0.469. The van der Waals surface area contributed by atoms with Gasteiger partial charge in [-0.3, -0.25) is 0 Å². The lowest BCUT2D eigenvalue weighted by atomic mass is 9.84. The standard InChI is InChI=1S/C40H50O9.C37H44O10.C36H42O9/c1-6-39(24-44-25-39)23-43-20-8-9-21-46-31-14-10-30(11-15-31)37(42)49-35-19-18-33(22-34(35)38(3,4)5)48-36(41)29-12-16-32(17-13-29)47-28-40(7-2)26-45-27-40;1-4-36(22-42-23-36)21-41-18-6-7-19-44-29-12-8-28(9-13-29)35(39)47-32-17-16-31(20-33(32)40-3)46-34(38)27-10-14-30(15-11-27)45-26-37(5-2)24-43-25-37;1-3-35(22-40-23-35)21-39-19-5-6-20-42-29-11-7-27(8-12-29)33(37)44-31-15-17-32(18-16-31)45-34(38)28-9-13-30(14-10-28)43-26-36(4-2)24-41-25-36/h10-19,22H,6-9,20-21,23-28H2,1-5H3;8-17,20H,4-7,18-19,21-26H2,1-3H3;7-18H,3-6,19-26H2,1-2H3. The summed E-state index contributed by atoms with van der Waals surface area (Å²) in [6, 6.07) is 57.0. The number of carbonyl (C=O) groups excluding carboxylic acids is 6. The van der Waals surface area contributed by atoms with Gasteiger partial charge in [0.25, 0.3) is 0 Å². The van der Waals surface area contributed by atoms with Gasteiger partial charge in [0.1, 0.15) is 63.2 Å². The van der Waals surface area contributed by atoms with E-state index in [0.29, 0.717) is 190 Å². The Bertz CT molecular complexity index is 5400. The van der Waals surface area contributed by atoms with Crippen molar-refractivity contribution in [3.05, 3.63) is 245 Å². The van der Waals surface area contributed by atoms with Gasteiger partial charge in [-0.25, -0.2) is 28.8 Å². The van der Waals surface area contributed by atoms with Crippen molar-refractivity contribution in [2.75, 3.05) is 166 Å². The molecule has 6 heterocycles. The molecule has 6 aliphatic heterocycles. The molecular weight excluding hydrogens is 1810 g/mol. The van der Waals surface area contributed by atoms with Crippen molar-refractivity contribution < 1.29 is 133 Å². The first-order valence-electron chi connectivity index (χ1n) is 49.1. The van der Waals surface area contributed by atoms with E-state index in [1.165, 1.54) is 25.3 Å². The van der Waals surface area contributed by atoms with Crippen LogP contribution in [0.5, 0.6) is 74.7 Å². The molecule has 0 saturated carbocycles. The second-order valence-electron chi connectivity index (χ2n) is 38.4. The van der Waals surface area contributed by atoms with E-state index in [-0.39, 0.29) is 49.7 Å². The molecule has 0 spiro atoms. The third kappa shape index (κ3) is 30.8. The maximum Gasteiger partial charge on any atom is 0.343 e. The fourth-order valence-corrected chi connectivity index (χ4v) is 15.5. The van der Waals surface area contributed by atoms with Crippen LogP contribution in [0.1, 0.15) is 207 Å². The Morgan fingerprint density at radius 1 is 0.241 bits per heavy atom. The molecule has 28 heteroatoms. The van der Waals surface area contributed by atoms with Gasteiger partial charge in [0, 0.05) is 47.7 Å². The van der Waals surface area contributed by atoms with E-state index < -0.39 is 41.2 Å². The maximum absolute atomic E-state index is 13.1. The van der Waals surface area contributed by atoms with Crippen LogP contribution in [-0.4, -0.2) is 201 Å². The van der Waals surface area contributed by atoms with Gasteiger partial charge in [0.2, 0.25) is 0 Å². The molecule has 756 valence electrons. The topological polar surface area (TPSA) is 305 Å². The zero-order valence-corrected chi connectivity index (χ0v) is 83.0. The normalized spacial score (nSPS) is 16.1. The average molecular weight is 1940 g/mol. The van der Waals surface area contributed by atoms with Crippen LogP contribution in [0.25, 0.3) is 0 Å². The van der Waals surface area contributed by atoms with Crippen LogP contribution >= 0.6 is 0 Å². The molecule has 0 amide bonds. The zero-order chi connectivity index (χ0) is 99.6. The van der Waals surface area contributed by atoms with Crippen molar-refractivity contribution in [1.82, 2.24) is 0 Å². The van der Waals surface area contributed by atoms with Crippen molar-refractivity contribution in [1.29, 1.82) is 0 Å². The van der Waals surface area contributed by atoms with E-state index in [1.807, 2.05) is 20.8 Å². The number of unbranched alkanes of at least 4 members (excludes halogenated alkanes) is 3. The minimum atomic E-state index is -0.560. The summed E-state index contributed by atoms with van der Waals surface area (Å²) in [5.41, 5.74) is 3.50. The van der Waals surface area contributed by atoms with Crippen molar-refractivity contribution in [2.45, 2.75) is 145 Å². The number of methoxy groups -OCH3 is 1. The van der Waals surface area contributed by atoms with Gasteiger partial charge in [-0.2, -0.15) is 0 Å². The molecule has 0 aliphatic carbocycles. The largest absolute Gasteiger partial charge is 0.494 e. The first-order valence-corrected chi connectivity index (χ1v) is 49.1. The van der Waals surface area contributed by atoms with Crippen LogP contribution in [0.4, 0.5) is 0 Å². The Kier molecular flexibility index (Phi) is 38.9. The van der Waals surface area contributed by atoms with Crippen molar-refractivity contribution in [3.63, 3.8) is 0 Å². The zero-order valence-electron chi connectivity index (χ0n) is 83.0. The number of carbonyl (C=O) groups is 6. The second kappa shape index (κ2) is 51.6. The summed E-state index contributed by atoms with van der Waals surface area (Å²) < 4.78 is 124. The molecule has 0 radical (unpaired) electrons. The smallest absolute Gasteiger partial charge is 0.343 e. The lowest BCUT2D eigenvalue weighted by molar-refractivity contribution is -0.150. The van der Waals surface area contributed by atoms with Crippen LogP contribution in [0.15, 0.2) is 206 Å². The molecule has 0 bridgehead atoms. The second-order valence-corrected chi connectivity index (χ2v) is 38.4. The van der Waals surface area contributed by atoms with Crippen LogP contribution in [0.3, 0.4) is 0 Å². The lowest BCUT2D eigenvalue weighted by Crippen LogP contribution is -2.46. The number of hydrogen-bond acceptors (Lipinski definition) is 28. The molecule has 9 aromatic carbocycles. The Morgan fingerprint density at radius 2 is 0.454 bits per heavy atom. The molecule has 0 aromatic heterocycles. The number of esters is 6. The van der Waals surface area contributed by atoms with Gasteiger partial charge in [0.05, 0.1) is 195 Å². The molecular formula is C113H136O28. The molecule has 15 rings (SSSR count). The quantitative estimate of drug-likeness (QED) is 0.0194. The van der Waals surface area contributed by atoms with Gasteiger partial charge in [0.15, 0.2) is 11.5 Å². The molecule has 9 aromatic rings. The summed E-state index contributed by atoms with van der Waals surface area (Å²) in [6.07, 6.45) is 11.5. The summed E-state index contributed by atoms with van der Waals surface area (Å²) >= 11 is 0. The molecule has 141 heavy (non-hydrogen) atoms. The third-order valence-corrected chi connectivity index (χ3v) is 26.6. The lowest BCUT2D eigenvalue weighted by Gasteiger charge is -2.40. The Hall–Kier alpha value is -12.0. The predicted octanol–water partition coefficient (Wildman–Crippen LogP) is 20.9. The van der Waals surface area contributed by atoms with Gasteiger partial charge in [-0.05, 0) is 283 Å². The molecule has 6 aliphatic rings. The van der Waals surface area contributed by atoms with Gasteiger partial charge in [-0.1, -0.05) is 62.3 Å². The third-order valence-electron chi connectivity index (χ3n) is 26.6. The minimum absolute atomic E-state index is 0.0664. The number of hydrogen-bond donors (Lipinski definition) is 0. The summed E-state index contributed by atoms with van der Waals surface area (Å²) in [4.78, 5) is 77.0. The molecule has 6 saturated heterocycles. The highest BCUT2D eigenvalue weighted by Crippen LogP contribution is 2.41. The van der Waals surface area contributed by atoms with Crippen LogP contribution in [0.2, 0.25) is 0 Å². The Morgan fingerprint density at radius 3 is 0.702 bits per heavy atom. The van der Waals surface area contributed by atoms with Gasteiger partial charge in [-0.15, -0.1) is 0 Å². The average Bonchev–Trinajstić information content (AvgIpc) is 0.790. The van der Waals surface area contributed by atoms with E-state index in [9.17, 15) is 28.8 Å². The summed E-state index contributed by atoms with van der Waals surface area (Å²) in [6.45, 7) is 35.7. The highest BCUT2D eigenvalue weighted by atomic mass is 16.6. The number of rotatable bonds is 52. The summed E-state index contributed by atoms with van der Waals surface area (Å²) in [5.74, 6) is 3.12. The minimum Gasteiger partial charge on any atom is -0.494 e. The van der Waals surface area contributed by atoms with Crippen LogP contribution in [0, 0.1) is 32.5 Å². The monoisotopic (exact) mass is 1940 g/mol. The van der Waals surface area contributed by atoms with E-state index in [0.717, 1.165) is 142 Å². The van der Waals surface area contributed by atoms with Crippen molar-refractivity contribution >= 4 is 35.8 Å². The van der Waals surface area contributed by atoms with E-state index >= 15 is 0 Å². The number of benzene rings is 9. The van der Waals surface area contributed by atoms with E-state index in [4.69, 9.17) is 104 Å². The first kappa shape index (κ1) is 106. The maximum atomic E-state index is 13.1. The molecule has 28 nitrogen and oxygen atoms in total. The summed E-state index contributed by atoms with van der Waals surface area (Å²) in [7, 11) is 1.44. The van der Waals surface area contributed by atoms with E-state index in [2.05, 4.69) is 41.5 Å². The van der Waals surface area contributed by atoms with Crippen molar-refractivity contribution in [3.8, 4) is 74.7 Å². The first-order chi connectivity index (χ1) is 68.3. The predicted molar refractivity (Wildman–Crippen MR) is 527 cm³/mol. The Labute approximate surface area is 827 Å². The fourth-order valence-electron chi connectivity index (χ4n) is 15.5. The van der Waals surface area contributed by atoms with Gasteiger partial charge >= 0.3 is 35.8 Å². The highest BCUT2D eigenvalue weighted by Gasteiger charge is 2.42. The van der Waals surface area contributed by atoms with Gasteiger partial charge < -0.3 is 104 Å². The number of ether oxygens (including phenoxy) is 22. The molecule has 0 atom stereocenters. The van der Waals surface area contributed by atoms with Crippen molar-refractivity contribution in [2.24, 2.45) is 32.5 Å². The van der Waals surface area contributed by atoms with E-state index in [1.54, 1.807) is 188 Å². The molecule has 0 unspecified atom stereocenters. The Balaban J connectivity index is 0.000000178. The SMILES string of the molecule is CCC1(COCCCCOc2ccc(C(=O)Oc3ccc(OC(=O)c4ccc(OCC5(CC)COC5)cc4)cc3)cc2)COC1.CCC1(COCCCCOc2ccc(C(=O)Oc3ccc(OC(=O)c4ccc(OCC5(CC)COC5)cc4)cc3C(C)(C)C)cc2)COC1.CCC1(COCCCCOc2ccc(C(=O)Oc3ccc(OC(=O)c4ccc(OCC5(CC)COC5)cc4)cc3OC)cc2)COC1. The summed E-state index contributed by atoms with van der Waals surface area (Å²) in [5, 5.41) is 0. The van der Waals surface area contributed by atoms with Crippen LogP contribution < -0.4 is 61.6 Å². The highest BCUT2D eigenvalue weighted by molar-refractivity contribution is 5.95. The molecule has 6 fully saturated rings. The molecule has 0 N–H and O–H groups in total. The van der Waals surface area contributed by atoms with Crippen LogP contribution in [-0.2, 0) is 48.0 Å².